The molecule has 2 aliphatic carbocycles. The summed E-state index contributed by atoms with van der Waals surface area (Å²) in [6.07, 6.45) is 12.9. The van der Waals surface area contributed by atoms with Crippen LogP contribution in [0.3, 0.4) is 0 Å². The van der Waals surface area contributed by atoms with E-state index >= 15 is 0 Å². The second-order valence-electron chi connectivity index (χ2n) is 7.18. The van der Waals surface area contributed by atoms with Crippen molar-refractivity contribution in [3.63, 3.8) is 0 Å². The van der Waals surface area contributed by atoms with Gasteiger partial charge in [0.05, 0.1) is 5.41 Å². The van der Waals surface area contributed by atoms with E-state index in [1.165, 1.54) is 32.1 Å². The predicted molar refractivity (Wildman–Crippen MR) is 83.4 cm³/mol. The van der Waals surface area contributed by atoms with Crippen molar-refractivity contribution in [1.82, 2.24) is 5.32 Å². The molecule has 0 aromatic heterocycles. The van der Waals surface area contributed by atoms with Crippen molar-refractivity contribution >= 4 is 5.91 Å². The third-order valence-corrected chi connectivity index (χ3v) is 5.53. The molecule has 3 heteroatoms. The molecular weight excluding hydrogens is 248 g/mol. The van der Waals surface area contributed by atoms with Crippen molar-refractivity contribution in [3.05, 3.63) is 0 Å². The molecule has 0 radical (unpaired) electrons. The van der Waals surface area contributed by atoms with E-state index in [1.54, 1.807) is 0 Å². The predicted octanol–water partition coefficient (Wildman–Crippen LogP) is 3.37. The number of amides is 1. The second kappa shape index (κ2) is 7.44. The van der Waals surface area contributed by atoms with E-state index in [-0.39, 0.29) is 11.3 Å². The van der Waals surface area contributed by atoms with Gasteiger partial charge in [0.15, 0.2) is 0 Å². The average molecular weight is 280 g/mol. The number of hydrogen-bond donors (Lipinski definition) is 2. The lowest BCUT2D eigenvalue weighted by Gasteiger charge is -2.32. The summed E-state index contributed by atoms with van der Waals surface area (Å²) in [5.41, 5.74) is 5.74. The number of nitrogens with two attached hydrogens (primary N) is 1. The van der Waals surface area contributed by atoms with E-state index in [0.29, 0.717) is 12.6 Å². The molecule has 0 aromatic carbocycles. The van der Waals surface area contributed by atoms with Crippen LogP contribution in [0.4, 0.5) is 0 Å². The quantitative estimate of drug-likeness (QED) is 0.779. The van der Waals surface area contributed by atoms with Gasteiger partial charge >= 0.3 is 0 Å². The number of carbonyl (C=O) groups is 1. The largest absolute Gasteiger partial charge is 0.353 e. The third kappa shape index (κ3) is 3.97. The first kappa shape index (κ1) is 15.8. The van der Waals surface area contributed by atoms with Gasteiger partial charge in [0, 0.05) is 12.6 Å². The van der Waals surface area contributed by atoms with Crippen molar-refractivity contribution in [2.45, 2.75) is 83.6 Å². The molecule has 116 valence electrons. The molecule has 2 atom stereocenters. The van der Waals surface area contributed by atoms with Gasteiger partial charge in [-0.3, -0.25) is 4.79 Å². The average Bonchev–Trinajstić information content (AvgIpc) is 2.80. The van der Waals surface area contributed by atoms with Crippen molar-refractivity contribution in [3.8, 4) is 0 Å². The van der Waals surface area contributed by atoms with Gasteiger partial charge in [0.2, 0.25) is 5.91 Å². The van der Waals surface area contributed by atoms with E-state index in [0.717, 1.165) is 44.4 Å². The Kier molecular flexibility index (Phi) is 5.88. The monoisotopic (exact) mass is 280 g/mol. The number of hydrogen-bond acceptors (Lipinski definition) is 2. The summed E-state index contributed by atoms with van der Waals surface area (Å²) in [4.78, 5) is 12.8. The smallest absolute Gasteiger partial charge is 0.227 e. The van der Waals surface area contributed by atoms with Crippen molar-refractivity contribution in [1.29, 1.82) is 0 Å². The summed E-state index contributed by atoms with van der Waals surface area (Å²) in [6.45, 7) is 2.85. The molecule has 0 saturated heterocycles. The first-order valence-electron chi connectivity index (χ1n) is 8.67. The minimum atomic E-state index is -0.269. The Bertz CT molecular complexity index is 308. The minimum absolute atomic E-state index is 0.251. The first-order valence-corrected chi connectivity index (χ1v) is 8.67. The van der Waals surface area contributed by atoms with Crippen LogP contribution in [0.1, 0.15) is 77.6 Å². The lowest BCUT2D eigenvalue weighted by Crippen LogP contribution is -2.49. The first-order chi connectivity index (χ1) is 9.66. The van der Waals surface area contributed by atoms with Crippen LogP contribution >= 0.6 is 0 Å². The summed E-state index contributed by atoms with van der Waals surface area (Å²) < 4.78 is 0. The van der Waals surface area contributed by atoms with Crippen LogP contribution in [0.2, 0.25) is 0 Å². The van der Waals surface area contributed by atoms with Crippen LogP contribution in [0.25, 0.3) is 0 Å². The van der Waals surface area contributed by atoms with Crippen LogP contribution in [0.5, 0.6) is 0 Å². The molecule has 0 aromatic rings. The molecule has 2 saturated carbocycles. The molecule has 2 unspecified atom stereocenters. The van der Waals surface area contributed by atoms with E-state index in [4.69, 9.17) is 5.73 Å². The highest BCUT2D eigenvalue weighted by molar-refractivity contribution is 5.83. The van der Waals surface area contributed by atoms with Crippen LogP contribution < -0.4 is 11.1 Å². The summed E-state index contributed by atoms with van der Waals surface area (Å²) in [5.74, 6) is 1.07. The fourth-order valence-corrected chi connectivity index (χ4v) is 3.90. The van der Waals surface area contributed by atoms with Crippen LogP contribution in [-0.2, 0) is 4.79 Å². The van der Waals surface area contributed by atoms with Gasteiger partial charge in [0.1, 0.15) is 0 Å². The SMILES string of the molecule is CC1CCCC(NC(=O)C2(CN)CCCCCC2)CC1. The Balaban J connectivity index is 1.94. The molecule has 3 nitrogen and oxygen atoms in total. The molecule has 1 amide bonds. The van der Waals surface area contributed by atoms with Gasteiger partial charge in [-0.1, -0.05) is 45.4 Å². The van der Waals surface area contributed by atoms with E-state index < -0.39 is 0 Å². The molecule has 0 aliphatic heterocycles. The summed E-state index contributed by atoms with van der Waals surface area (Å²) >= 11 is 0. The number of carbonyl (C=O) groups excluding carboxylic acids is 1. The molecule has 0 heterocycles. The van der Waals surface area contributed by atoms with Crippen LogP contribution in [0, 0.1) is 11.3 Å². The fourth-order valence-electron chi connectivity index (χ4n) is 3.90. The lowest BCUT2D eigenvalue weighted by atomic mass is 9.79. The zero-order chi connectivity index (χ0) is 14.4. The third-order valence-electron chi connectivity index (χ3n) is 5.53. The van der Waals surface area contributed by atoms with Gasteiger partial charge in [-0.15, -0.1) is 0 Å². The van der Waals surface area contributed by atoms with Gasteiger partial charge in [-0.05, 0) is 38.0 Å². The van der Waals surface area contributed by atoms with Crippen molar-refractivity contribution in [2.24, 2.45) is 17.1 Å². The van der Waals surface area contributed by atoms with Gasteiger partial charge in [-0.25, -0.2) is 0 Å². The number of nitrogens with one attached hydrogen (secondary N) is 1. The Hall–Kier alpha value is -0.570. The molecule has 2 fully saturated rings. The lowest BCUT2D eigenvalue weighted by molar-refractivity contribution is -0.132. The summed E-state index contributed by atoms with van der Waals surface area (Å²) in [7, 11) is 0. The highest BCUT2D eigenvalue weighted by Gasteiger charge is 2.38. The normalized spacial score (nSPS) is 31.1. The topological polar surface area (TPSA) is 55.1 Å². The van der Waals surface area contributed by atoms with E-state index in [2.05, 4.69) is 12.2 Å². The Labute approximate surface area is 124 Å². The molecule has 2 aliphatic rings. The summed E-state index contributed by atoms with van der Waals surface area (Å²) in [5, 5.41) is 3.35. The van der Waals surface area contributed by atoms with Crippen LogP contribution in [0.15, 0.2) is 0 Å². The van der Waals surface area contributed by atoms with Crippen molar-refractivity contribution < 1.29 is 4.79 Å². The Morgan fingerprint density at radius 3 is 2.40 bits per heavy atom. The zero-order valence-electron chi connectivity index (χ0n) is 13.1. The van der Waals surface area contributed by atoms with E-state index in [9.17, 15) is 4.79 Å². The fraction of sp³-hybridized carbons (Fsp3) is 0.941. The Morgan fingerprint density at radius 1 is 1.05 bits per heavy atom. The molecule has 0 spiro atoms. The van der Waals surface area contributed by atoms with Crippen LogP contribution in [-0.4, -0.2) is 18.5 Å². The van der Waals surface area contributed by atoms with E-state index in [1.807, 2.05) is 0 Å². The highest BCUT2D eigenvalue weighted by atomic mass is 16.2. The molecule has 20 heavy (non-hydrogen) atoms. The highest BCUT2D eigenvalue weighted by Crippen LogP contribution is 2.35. The molecule has 3 N–H and O–H groups in total. The van der Waals surface area contributed by atoms with Gasteiger partial charge in [0.25, 0.3) is 0 Å². The minimum Gasteiger partial charge on any atom is -0.353 e. The molecule has 2 rings (SSSR count). The summed E-state index contributed by atoms with van der Waals surface area (Å²) in [6, 6.07) is 0.388. The van der Waals surface area contributed by atoms with Crippen molar-refractivity contribution in [2.75, 3.05) is 6.54 Å². The number of rotatable bonds is 3. The standard InChI is InChI=1S/C17H32N2O/c1-14-7-6-8-15(10-9-14)19-16(20)17(13-18)11-4-2-3-5-12-17/h14-15H,2-13,18H2,1H3,(H,19,20). The van der Waals surface area contributed by atoms with Gasteiger partial charge < -0.3 is 11.1 Å². The van der Waals surface area contributed by atoms with Gasteiger partial charge in [-0.2, -0.15) is 0 Å². The second-order valence-corrected chi connectivity index (χ2v) is 7.18. The maximum Gasteiger partial charge on any atom is 0.227 e. The zero-order valence-corrected chi connectivity index (χ0v) is 13.1. The molecular formula is C17H32N2O. The molecule has 0 bridgehead atoms. The maximum atomic E-state index is 12.8. The maximum absolute atomic E-state index is 12.8. The Morgan fingerprint density at radius 2 is 1.75 bits per heavy atom.